The van der Waals surface area contributed by atoms with Crippen molar-refractivity contribution in [2.24, 2.45) is 7.05 Å². The van der Waals surface area contributed by atoms with Crippen molar-refractivity contribution in [2.45, 2.75) is 0 Å². The number of anilines is 1. The van der Waals surface area contributed by atoms with E-state index in [1.54, 1.807) is 0 Å². The van der Waals surface area contributed by atoms with Gasteiger partial charge in [0.25, 0.3) is 0 Å². The van der Waals surface area contributed by atoms with E-state index in [-0.39, 0.29) is 0 Å². The van der Waals surface area contributed by atoms with E-state index in [0.29, 0.717) is 0 Å². The summed E-state index contributed by atoms with van der Waals surface area (Å²) in [5, 5.41) is 0. The van der Waals surface area contributed by atoms with E-state index >= 15 is 0 Å². The Labute approximate surface area is 144 Å². The summed E-state index contributed by atoms with van der Waals surface area (Å²) in [5.41, 5.74) is 6.11. The predicted octanol–water partition coefficient (Wildman–Crippen LogP) is 4.41. The Hall–Kier alpha value is -2.87. The fraction of sp³-hybridized carbons (Fsp3) is 0.136. The lowest BCUT2D eigenvalue weighted by atomic mass is 10.0. The summed E-state index contributed by atoms with van der Waals surface area (Å²) in [7, 11) is 6.14. The topological polar surface area (TPSA) is 7.12 Å². The van der Waals surface area contributed by atoms with Crippen molar-refractivity contribution in [1.29, 1.82) is 0 Å². The van der Waals surface area contributed by atoms with Crippen LogP contribution in [-0.2, 0) is 7.05 Å². The molecule has 0 aliphatic carbocycles. The number of aryl methyl sites for hydroxylation is 1. The van der Waals surface area contributed by atoms with Gasteiger partial charge in [-0.2, -0.15) is 0 Å². The third-order valence-corrected chi connectivity index (χ3v) is 4.10. The minimum absolute atomic E-state index is 1.21. The molecule has 1 heterocycles. The minimum atomic E-state index is 1.21. The molecule has 0 aliphatic rings. The molecule has 24 heavy (non-hydrogen) atoms. The van der Waals surface area contributed by atoms with Gasteiger partial charge in [-0.15, -0.1) is 0 Å². The highest BCUT2D eigenvalue weighted by Crippen LogP contribution is 2.23. The lowest BCUT2D eigenvalue weighted by molar-refractivity contribution is -0.671. The van der Waals surface area contributed by atoms with Crippen LogP contribution in [0.4, 0.5) is 5.69 Å². The smallest absolute Gasteiger partial charge is 0.169 e. The molecule has 120 valence electrons. The summed E-state index contributed by atoms with van der Waals surface area (Å²) < 4.78 is 2.04. The van der Waals surface area contributed by atoms with Crippen LogP contribution in [-0.4, -0.2) is 14.1 Å². The molecule has 3 aromatic rings. The van der Waals surface area contributed by atoms with Gasteiger partial charge in [0.05, 0.1) is 0 Å². The van der Waals surface area contributed by atoms with E-state index in [0.717, 1.165) is 0 Å². The zero-order valence-corrected chi connectivity index (χ0v) is 14.5. The molecule has 0 saturated heterocycles. The molecule has 0 amide bonds. The molecule has 0 fully saturated rings. The van der Waals surface area contributed by atoms with E-state index in [1.807, 2.05) is 11.6 Å². The van der Waals surface area contributed by atoms with E-state index in [2.05, 4.69) is 104 Å². The molecule has 2 heteroatoms. The van der Waals surface area contributed by atoms with E-state index in [1.165, 1.54) is 27.9 Å². The summed E-state index contributed by atoms with van der Waals surface area (Å²) in [4.78, 5) is 2.11. The molecule has 2 aromatic carbocycles. The fourth-order valence-electron chi connectivity index (χ4n) is 2.55. The molecule has 2 nitrogen and oxygen atoms in total. The molecule has 0 atom stereocenters. The molecule has 0 radical (unpaired) electrons. The second-order valence-corrected chi connectivity index (χ2v) is 6.19. The van der Waals surface area contributed by atoms with Crippen LogP contribution in [0.15, 0.2) is 73.1 Å². The molecular weight excluding hydrogens is 292 g/mol. The zero-order chi connectivity index (χ0) is 16.9. The van der Waals surface area contributed by atoms with Crippen molar-refractivity contribution in [3.05, 3.63) is 84.2 Å². The minimum Gasteiger partial charge on any atom is -0.378 e. The Balaban J connectivity index is 1.74. The van der Waals surface area contributed by atoms with Gasteiger partial charge in [0.15, 0.2) is 12.4 Å². The summed E-state index contributed by atoms with van der Waals surface area (Å²) >= 11 is 0. The van der Waals surface area contributed by atoms with Crippen LogP contribution in [0.1, 0.15) is 11.1 Å². The second kappa shape index (κ2) is 7.14. The number of aromatic nitrogens is 1. The molecular formula is C22H23N2+. The van der Waals surface area contributed by atoms with Gasteiger partial charge in [-0.3, -0.25) is 0 Å². The first-order chi connectivity index (χ1) is 11.6. The SMILES string of the molecule is CN(C)c1ccc(-c2ccc(/C=C/c3cc[n+](C)cc3)cc2)cc1. The van der Waals surface area contributed by atoms with E-state index in [9.17, 15) is 0 Å². The average Bonchev–Trinajstić information content (AvgIpc) is 2.62. The molecule has 0 N–H and O–H groups in total. The fourth-order valence-corrected chi connectivity index (χ4v) is 2.55. The zero-order valence-electron chi connectivity index (χ0n) is 14.5. The molecule has 3 rings (SSSR count). The van der Waals surface area contributed by atoms with Crippen LogP contribution in [0.2, 0.25) is 0 Å². The van der Waals surface area contributed by atoms with Gasteiger partial charge >= 0.3 is 0 Å². The van der Waals surface area contributed by atoms with Gasteiger partial charge in [-0.25, -0.2) is 4.57 Å². The quantitative estimate of drug-likeness (QED) is 0.647. The highest BCUT2D eigenvalue weighted by atomic mass is 15.1. The van der Waals surface area contributed by atoms with Crippen molar-refractivity contribution in [3.8, 4) is 11.1 Å². The largest absolute Gasteiger partial charge is 0.378 e. The lowest BCUT2D eigenvalue weighted by Crippen LogP contribution is -2.25. The highest BCUT2D eigenvalue weighted by Gasteiger charge is 1.99. The number of nitrogens with zero attached hydrogens (tertiary/aromatic N) is 2. The maximum absolute atomic E-state index is 2.18. The molecule has 0 aliphatic heterocycles. The summed E-state index contributed by atoms with van der Waals surface area (Å²) in [5.74, 6) is 0. The number of rotatable bonds is 4. The standard InChI is InChI=1S/C22H23N2/c1-23(2)22-12-10-21(11-13-22)20-8-6-18(7-9-20)4-5-19-14-16-24(3)17-15-19/h4-17H,1-3H3/q+1. The first-order valence-electron chi connectivity index (χ1n) is 8.13. The maximum Gasteiger partial charge on any atom is 0.169 e. The van der Waals surface area contributed by atoms with Crippen LogP contribution >= 0.6 is 0 Å². The third kappa shape index (κ3) is 3.90. The van der Waals surface area contributed by atoms with Crippen LogP contribution in [0.25, 0.3) is 23.3 Å². The molecule has 1 aromatic heterocycles. The Kier molecular flexibility index (Phi) is 4.76. The van der Waals surface area contributed by atoms with Crippen LogP contribution in [0.5, 0.6) is 0 Å². The monoisotopic (exact) mass is 315 g/mol. The molecule has 0 bridgehead atoms. The number of hydrogen-bond donors (Lipinski definition) is 0. The first-order valence-corrected chi connectivity index (χ1v) is 8.13. The lowest BCUT2D eigenvalue weighted by Gasteiger charge is -2.12. The van der Waals surface area contributed by atoms with Gasteiger partial charge < -0.3 is 4.90 Å². The van der Waals surface area contributed by atoms with Crippen molar-refractivity contribution >= 4 is 17.8 Å². The summed E-state index contributed by atoms with van der Waals surface area (Å²) in [6, 6.07) is 21.5. The normalized spacial score (nSPS) is 11.0. The second-order valence-electron chi connectivity index (χ2n) is 6.19. The molecule has 0 saturated carbocycles. The van der Waals surface area contributed by atoms with Crippen LogP contribution in [0, 0.1) is 0 Å². The maximum atomic E-state index is 2.18. The van der Waals surface area contributed by atoms with Crippen LogP contribution < -0.4 is 9.47 Å². The van der Waals surface area contributed by atoms with E-state index in [4.69, 9.17) is 0 Å². The van der Waals surface area contributed by atoms with Gasteiger partial charge in [0.1, 0.15) is 7.05 Å². The van der Waals surface area contributed by atoms with Crippen molar-refractivity contribution in [2.75, 3.05) is 19.0 Å². The average molecular weight is 315 g/mol. The third-order valence-electron chi connectivity index (χ3n) is 4.10. The molecule has 0 unspecified atom stereocenters. The van der Waals surface area contributed by atoms with Crippen molar-refractivity contribution < 1.29 is 4.57 Å². The Morgan fingerprint density at radius 3 is 1.62 bits per heavy atom. The van der Waals surface area contributed by atoms with Gasteiger partial charge in [0.2, 0.25) is 0 Å². The van der Waals surface area contributed by atoms with Gasteiger partial charge in [-0.1, -0.05) is 48.6 Å². The number of pyridine rings is 1. The first kappa shape index (κ1) is 16.0. The van der Waals surface area contributed by atoms with Gasteiger partial charge in [0, 0.05) is 31.9 Å². The van der Waals surface area contributed by atoms with Crippen LogP contribution in [0.3, 0.4) is 0 Å². The Bertz CT molecular complexity index is 811. The highest BCUT2D eigenvalue weighted by molar-refractivity contribution is 5.72. The predicted molar refractivity (Wildman–Crippen MR) is 103 cm³/mol. The Morgan fingerprint density at radius 1 is 0.667 bits per heavy atom. The van der Waals surface area contributed by atoms with Crippen molar-refractivity contribution in [1.82, 2.24) is 0 Å². The van der Waals surface area contributed by atoms with Gasteiger partial charge in [-0.05, 0) is 34.4 Å². The number of hydrogen-bond acceptors (Lipinski definition) is 1. The Morgan fingerprint density at radius 2 is 1.12 bits per heavy atom. The summed E-state index contributed by atoms with van der Waals surface area (Å²) in [6.07, 6.45) is 8.40. The molecule has 0 spiro atoms. The van der Waals surface area contributed by atoms with Crippen molar-refractivity contribution in [3.63, 3.8) is 0 Å². The summed E-state index contributed by atoms with van der Waals surface area (Å²) in [6.45, 7) is 0. The van der Waals surface area contributed by atoms with E-state index < -0.39 is 0 Å². The number of benzene rings is 2.